The lowest BCUT2D eigenvalue weighted by Gasteiger charge is -1.99. The number of pyridine rings is 1. The molecule has 0 aliphatic heterocycles. The average Bonchev–Trinajstić information content (AvgIpc) is 2.07. The molecule has 0 saturated heterocycles. The highest BCUT2D eigenvalue weighted by atomic mass is 35.5. The molecule has 0 aliphatic carbocycles. The van der Waals surface area contributed by atoms with Gasteiger partial charge in [-0.1, -0.05) is 23.2 Å². The van der Waals surface area contributed by atoms with Crippen LogP contribution in [-0.4, -0.2) is 4.98 Å². The number of aryl methyl sites for hydroxylation is 1. The fourth-order valence-electron chi connectivity index (χ4n) is 1.17. The van der Waals surface area contributed by atoms with Crippen molar-refractivity contribution in [3.05, 3.63) is 41.0 Å². The highest BCUT2D eigenvalue weighted by Crippen LogP contribution is 2.21. The van der Waals surface area contributed by atoms with Gasteiger partial charge in [0.2, 0.25) is 0 Å². The van der Waals surface area contributed by atoms with Gasteiger partial charge in [-0.25, -0.2) is 0 Å². The Morgan fingerprint density at radius 1 is 1.42 bits per heavy atom. The van der Waals surface area contributed by atoms with E-state index in [1.165, 1.54) is 5.56 Å². The van der Waals surface area contributed by atoms with Gasteiger partial charge in [-0.15, -0.1) is 0 Å². The first kappa shape index (κ1) is 7.56. The van der Waals surface area contributed by atoms with Crippen LogP contribution in [0.15, 0.2) is 24.4 Å². The van der Waals surface area contributed by atoms with E-state index in [2.05, 4.69) is 11.1 Å². The van der Waals surface area contributed by atoms with Crippen molar-refractivity contribution in [2.75, 3.05) is 0 Å². The van der Waals surface area contributed by atoms with Crippen LogP contribution >= 0.6 is 11.6 Å². The Kier molecular flexibility index (Phi) is 1.74. The van der Waals surface area contributed by atoms with E-state index in [1.54, 1.807) is 6.20 Å². The number of fused-ring (bicyclic) bond motifs is 1. The number of hydrogen-bond donors (Lipinski definition) is 0. The lowest BCUT2D eigenvalue weighted by atomic mass is 10.1. The number of hydrogen-bond acceptors (Lipinski definition) is 1. The first-order valence-corrected chi connectivity index (χ1v) is 4.08. The first-order valence-electron chi connectivity index (χ1n) is 3.70. The lowest BCUT2D eigenvalue weighted by Crippen LogP contribution is -1.80. The number of halogens is 1. The van der Waals surface area contributed by atoms with Crippen molar-refractivity contribution in [2.24, 2.45) is 0 Å². The summed E-state index contributed by atoms with van der Waals surface area (Å²) in [5.74, 6) is 0. The van der Waals surface area contributed by atoms with Crippen LogP contribution < -0.4 is 0 Å². The van der Waals surface area contributed by atoms with Gasteiger partial charge in [-0.3, -0.25) is 4.98 Å². The second kappa shape index (κ2) is 2.76. The summed E-state index contributed by atoms with van der Waals surface area (Å²) in [6, 6.07) is 8.85. The van der Waals surface area contributed by atoms with Crippen LogP contribution in [0, 0.1) is 13.0 Å². The topological polar surface area (TPSA) is 12.9 Å². The van der Waals surface area contributed by atoms with Crippen molar-refractivity contribution in [1.29, 1.82) is 0 Å². The summed E-state index contributed by atoms with van der Waals surface area (Å²) in [5, 5.41) is 1.61. The molecule has 2 aromatic rings. The Morgan fingerprint density at radius 3 is 3.08 bits per heavy atom. The molecule has 1 radical (unpaired) electrons. The number of nitrogens with zero attached hydrogens (tertiary/aromatic N) is 1. The smallest absolute Gasteiger partial charge is 0.0717 e. The van der Waals surface area contributed by atoms with Gasteiger partial charge < -0.3 is 0 Å². The summed E-state index contributed by atoms with van der Waals surface area (Å²) in [6.45, 7) is 2.03. The Hall–Kier alpha value is -1.08. The molecule has 0 aliphatic rings. The van der Waals surface area contributed by atoms with Crippen LogP contribution in [-0.2, 0) is 0 Å². The molecule has 0 spiro atoms. The van der Waals surface area contributed by atoms with Gasteiger partial charge in [-0.05, 0) is 19.1 Å². The van der Waals surface area contributed by atoms with Crippen LogP contribution in [0.4, 0.5) is 0 Å². The molecule has 1 aromatic heterocycles. The predicted octanol–water partition coefficient (Wildman–Crippen LogP) is 3.00. The second-order valence-electron chi connectivity index (χ2n) is 2.74. The Balaban J connectivity index is 2.88. The monoisotopic (exact) mass is 176 g/mol. The third kappa shape index (κ3) is 1.16. The van der Waals surface area contributed by atoms with E-state index in [0.717, 1.165) is 10.9 Å². The number of rotatable bonds is 0. The maximum atomic E-state index is 5.93. The fraction of sp³-hybridized carbons (Fsp3) is 0.100. The SMILES string of the molecule is Cc1ccc2nc[c]c(Cl)c2c1. The van der Waals surface area contributed by atoms with Crippen LogP contribution in [0.25, 0.3) is 10.9 Å². The van der Waals surface area contributed by atoms with Crippen molar-refractivity contribution >= 4 is 22.5 Å². The molecule has 0 bridgehead atoms. The van der Waals surface area contributed by atoms with E-state index in [1.807, 2.05) is 25.1 Å². The minimum atomic E-state index is 0.642. The van der Waals surface area contributed by atoms with E-state index in [9.17, 15) is 0 Å². The van der Waals surface area contributed by atoms with Crippen molar-refractivity contribution in [2.45, 2.75) is 6.92 Å². The summed E-state index contributed by atoms with van der Waals surface area (Å²) >= 11 is 5.93. The second-order valence-corrected chi connectivity index (χ2v) is 3.12. The molecule has 2 rings (SSSR count). The Bertz CT molecular complexity index is 423. The normalized spacial score (nSPS) is 10.5. The van der Waals surface area contributed by atoms with E-state index >= 15 is 0 Å². The molecule has 12 heavy (non-hydrogen) atoms. The quantitative estimate of drug-likeness (QED) is 0.602. The summed E-state index contributed by atoms with van der Waals surface area (Å²) in [5.41, 5.74) is 2.11. The summed E-state index contributed by atoms with van der Waals surface area (Å²) in [4.78, 5) is 4.14. The van der Waals surface area contributed by atoms with Crippen molar-refractivity contribution < 1.29 is 0 Å². The summed E-state index contributed by atoms with van der Waals surface area (Å²) in [6.07, 6.45) is 1.60. The van der Waals surface area contributed by atoms with Gasteiger partial charge in [0.1, 0.15) is 0 Å². The molecular weight excluding hydrogens is 170 g/mol. The molecule has 0 atom stereocenters. The third-order valence-corrected chi connectivity index (χ3v) is 2.10. The summed E-state index contributed by atoms with van der Waals surface area (Å²) in [7, 11) is 0. The predicted molar refractivity (Wildman–Crippen MR) is 50.3 cm³/mol. The van der Waals surface area contributed by atoms with Gasteiger partial charge in [0.05, 0.1) is 10.5 Å². The Morgan fingerprint density at radius 2 is 2.25 bits per heavy atom. The largest absolute Gasteiger partial charge is 0.256 e. The standard InChI is InChI=1S/C10H7ClN/c1-7-2-3-10-8(6-7)9(11)4-5-12-10/h2-3,5-6H,1H3. The zero-order valence-electron chi connectivity index (χ0n) is 6.63. The minimum Gasteiger partial charge on any atom is -0.256 e. The average molecular weight is 177 g/mol. The van der Waals surface area contributed by atoms with Crippen molar-refractivity contribution in [1.82, 2.24) is 4.98 Å². The molecule has 0 saturated carbocycles. The maximum absolute atomic E-state index is 5.93. The van der Waals surface area contributed by atoms with Gasteiger partial charge in [0.25, 0.3) is 0 Å². The van der Waals surface area contributed by atoms with E-state index in [-0.39, 0.29) is 0 Å². The molecule has 0 unspecified atom stereocenters. The number of aromatic nitrogens is 1. The van der Waals surface area contributed by atoms with Gasteiger partial charge in [0.15, 0.2) is 0 Å². The van der Waals surface area contributed by atoms with Gasteiger partial charge in [0, 0.05) is 17.6 Å². The molecule has 1 nitrogen and oxygen atoms in total. The van der Waals surface area contributed by atoms with Gasteiger partial charge >= 0.3 is 0 Å². The molecule has 0 amide bonds. The van der Waals surface area contributed by atoms with Crippen LogP contribution in [0.2, 0.25) is 5.02 Å². The van der Waals surface area contributed by atoms with Crippen LogP contribution in [0.1, 0.15) is 5.56 Å². The molecule has 1 aromatic carbocycles. The highest BCUT2D eigenvalue weighted by molar-refractivity contribution is 6.35. The zero-order valence-corrected chi connectivity index (χ0v) is 7.39. The molecule has 0 N–H and O–H groups in total. The van der Waals surface area contributed by atoms with E-state index in [0.29, 0.717) is 5.02 Å². The van der Waals surface area contributed by atoms with Crippen LogP contribution in [0.3, 0.4) is 0 Å². The molecular formula is C10H7ClN. The molecule has 0 fully saturated rings. The Labute approximate surface area is 76.0 Å². The van der Waals surface area contributed by atoms with E-state index < -0.39 is 0 Å². The first-order chi connectivity index (χ1) is 5.77. The third-order valence-electron chi connectivity index (χ3n) is 1.78. The van der Waals surface area contributed by atoms with Crippen LogP contribution in [0.5, 0.6) is 0 Å². The molecule has 2 heteroatoms. The zero-order chi connectivity index (χ0) is 8.55. The highest BCUT2D eigenvalue weighted by Gasteiger charge is 1.98. The fourth-order valence-corrected chi connectivity index (χ4v) is 1.37. The molecule has 59 valence electrons. The van der Waals surface area contributed by atoms with E-state index in [4.69, 9.17) is 11.6 Å². The number of benzene rings is 1. The van der Waals surface area contributed by atoms with Gasteiger partial charge in [-0.2, -0.15) is 0 Å². The van der Waals surface area contributed by atoms with Crippen molar-refractivity contribution in [3.63, 3.8) is 0 Å². The molecule has 1 heterocycles. The maximum Gasteiger partial charge on any atom is 0.0717 e. The minimum absolute atomic E-state index is 0.642. The van der Waals surface area contributed by atoms with Crippen molar-refractivity contribution in [3.8, 4) is 0 Å². The summed E-state index contributed by atoms with van der Waals surface area (Å²) < 4.78 is 0. The lowest BCUT2D eigenvalue weighted by molar-refractivity contribution is 1.39.